The summed E-state index contributed by atoms with van der Waals surface area (Å²) in [6.07, 6.45) is 0. The van der Waals surface area contributed by atoms with E-state index in [4.69, 9.17) is 10.00 Å². The van der Waals surface area contributed by atoms with Crippen LogP contribution in [0, 0.1) is 24.1 Å². The van der Waals surface area contributed by atoms with E-state index in [1.54, 1.807) is 19.9 Å². The Bertz CT molecular complexity index is 394. The molecule has 0 radical (unpaired) electrons. The molecule has 1 atom stereocenters. The second-order valence-corrected chi connectivity index (χ2v) is 4.02. The molecule has 1 N–H and O–H groups in total. The normalized spacial score (nSPS) is 13.9. The molecular weight excluding hydrogens is 207 g/mol. The molecule has 0 spiro atoms. The van der Waals surface area contributed by atoms with E-state index in [0.717, 1.165) is 5.56 Å². The van der Waals surface area contributed by atoms with Crippen LogP contribution in [0.2, 0.25) is 0 Å². The molecular formula is C12H15FN2O. The monoisotopic (exact) mass is 222 g/mol. The van der Waals surface area contributed by atoms with Crippen molar-refractivity contribution in [1.82, 2.24) is 0 Å². The second kappa shape index (κ2) is 4.95. The van der Waals surface area contributed by atoms with Gasteiger partial charge in [-0.2, -0.15) is 5.26 Å². The number of anilines is 1. The molecule has 3 nitrogen and oxygen atoms in total. The highest BCUT2D eigenvalue weighted by Crippen LogP contribution is 2.18. The molecule has 16 heavy (non-hydrogen) atoms. The van der Waals surface area contributed by atoms with Gasteiger partial charge in [0.05, 0.1) is 12.7 Å². The summed E-state index contributed by atoms with van der Waals surface area (Å²) in [6.45, 7) is 3.74. The van der Waals surface area contributed by atoms with E-state index >= 15 is 0 Å². The fraction of sp³-hybridized carbons (Fsp3) is 0.417. The zero-order valence-corrected chi connectivity index (χ0v) is 9.67. The summed E-state index contributed by atoms with van der Waals surface area (Å²) in [7, 11) is 1.52. The molecule has 1 aromatic rings. The molecule has 0 saturated carbocycles. The molecule has 0 aliphatic carbocycles. The summed E-state index contributed by atoms with van der Waals surface area (Å²) in [4.78, 5) is 0. The molecule has 1 unspecified atom stereocenters. The van der Waals surface area contributed by atoms with E-state index in [0.29, 0.717) is 5.69 Å². The van der Waals surface area contributed by atoms with Crippen LogP contribution in [0.25, 0.3) is 0 Å². The second-order valence-electron chi connectivity index (χ2n) is 4.02. The Kier molecular flexibility index (Phi) is 3.86. The lowest BCUT2D eigenvalue weighted by Gasteiger charge is -2.23. The predicted octanol–water partition coefficient (Wildman–Crippen LogP) is 2.47. The number of nitriles is 1. The number of methoxy groups -OCH3 is 1. The van der Waals surface area contributed by atoms with Crippen LogP contribution in [0.1, 0.15) is 12.5 Å². The van der Waals surface area contributed by atoms with Crippen molar-refractivity contribution in [2.24, 2.45) is 0 Å². The fourth-order valence-electron chi connectivity index (χ4n) is 1.51. The zero-order chi connectivity index (χ0) is 12.2. The van der Waals surface area contributed by atoms with Gasteiger partial charge in [0, 0.05) is 12.8 Å². The van der Waals surface area contributed by atoms with E-state index in [2.05, 4.69) is 11.4 Å². The first-order valence-electron chi connectivity index (χ1n) is 4.95. The minimum absolute atomic E-state index is 0.235. The molecule has 0 heterocycles. The van der Waals surface area contributed by atoms with Crippen LogP contribution in [0.3, 0.4) is 0 Å². The molecule has 0 amide bonds. The lowest BCUT2D eigenvalue weighted by molar-refractivity contribution is 0.171. The predicted molar refractivity (Wildman–Crippen MR) is 60.7 cm³/mol. The van der Waals surface area contributed by atoms with Crippen LogP contribution in [0.15, 0.2) is 18.2 Å². The van der Waals surface area contributed by atoms with Crippen molar-refractivity contribution in [3.63, 3.8) is 0 Å². The molecule has 0 fully saturated rings. The Morgan fingerprint density at radius 3 is 2.69 bits per heavy atom. The Morgan fingerprint density at radius 2 is 2.19 bits per heavy atom. The van der Waals surface area contributed by atoms with Gasteiger partial charge in [-0.05, 0) is 37.6 Å². The summed E-state index contributed by atoms with van der Waals surface area (Å²) in [5.74, 6) is -0.319. The standard InChI is InChI=1S/C12H15FN2O/c1-9-4-10(13)6-11(5-9)15-12(2,7-14)8-16-3/h4-6,15H,8H2,1-3H3. The summed E-state index contributed by atoms with van der Waals surface area (Å²) in [6, 6.07) is 6.69. The van der Waals surface area contributed by atoms with E-state index in [-0.39, 0.29) is 12.4 Å². The summed E-state index contributed by atoms with van der Waals surface area (Å²) in [5, 5.41) is 12.0. The molecule has 0 saturated heterocycles. The van der Waals surface area contributed by atoms with E-state index in [9.17, 15) is 4.39 Å². The number of rotatable bonds is 4. The number of aryl methyl sites for hydroxylation is 1. The quantitative estimate of drug-likeness (QED) is 0.851. The third-order valence-electron chi connectivity index (χ3n) is 2.14. The minimum atomic E-state index is -0.852. The molecule has 0 aromatic heterocycles. The van der Waals surface area contributed by atoms with Gasteiger partial charge in [-0.15, -0.1) is 0 Å². The van der Waals surface area contributed by atoms with Crippen molar-refractivity contribution >= 4 is 5.69 Å². The third-order valence-corrected chi connectivity index (χ3v) is 2.14. The Hall–Kier alpha value is -1.60. The van der Waals surface area contributed by atoms with Crippen LogP contribution < -0.4 is 5.32 Å². The average molecular weight is 222 g/mol. The highest BCUT2D eigenvalue weighted by atomic mass is 19.1. The SMILES string of the molecule is COCC(C)(C#N)Nc1cc(C)cc(F)c1. The maximum atomic E-state index is 13.1. The zero-order valence-electron chi connectivity index (χ0n) is 9.67. The molecule has 0 bridgehead atoms. The Morgan fingerprint density at radius 1 is 1.50 bits per heavy atom. The highest BCUT2D eigenvalue weighted by molar-refractivity contribution is 5.49. The fourth-order valence-corrected chi connectivity index (χ4v) is 1.51. The van der Waals surface area contributed by atoms with Gasteiger partial charge in [0.25, 0.3) is 0 Å². The summed E-state index contributed by atoms with van der Waals surface area (Å²) < 4.78 is 18.1. The number of ether oxygens (including phenoxy) is 1. The van der Waals surface area contributed by atoms with Gasteiger partial charge in [-0.25, -0.2) is 4.39 Å². The topological polar surface area (TPSA) is 45.0 Å². The maximum absolute atomic E-state index is 13.1. The summed E-state index contributed by atoms with van der Waals surface area (Å²) in [5.41, 5.74) is 0.536. The lowest BCUT2D eigenvalue weighted by atomic mass is 10.1. The van der Waals surface area contributed by atoms with Crippen LogP contribution in [-0.4, -0.2) is 19.3 Å². The average Bonchev–Trinajstić information content (AvgIpc) is 2.16. The highest BCUT2D eigenvalue weighted by Gasteiger charge is 2.23. The van der Waals surface area contributed by atoms with Crippen LogP contribution in [-0.2, 0) is 4.74 Å². The molecule has 1 rings (SSSR count). The first-order valence-corrected chi connectivity index (χ1v) is 4.95. The number of benzene rings is 1. The van der Waals surface area contributed by atoms with Gasteiger partial charge >= 0.3 is 0 Å². The molecule has 86 valence electrons. The minimum Gasteiger partial charge on any atom is -0.381 e. The molecule has 4 heteroatoms. The number of hydrogen-bond donors (Lipinski definition) is 1. The smallest absolute Gasteiger partial charge is 0.146 e. The number of halogens is 1. The number of nitrogens with zero attached hydrogens (tertiary/aromatic N) is 1. The van der Waals surface area contributed by atoms with Crippen molar-refractivity contribution in [3.8, 4) is 6.07 Å². The van der Waals surface area contributed by atoms with Crippen LogP contribution in [0.4, 0.5) is 10.1 Å². The van der Waals surface area contributed by atoms with E-state index < -0.39 is 5.54 Å². The van der Waals surface area contributed by atoms with Crippen molar-refractivity contribution < 1.29 is 9.13 Å². The first kappa shape index (κ1) is 12.5. The van der Waals surface area contributed by atoms with Gasteiger partial charge in [-0.3, -0.25) is 0 Å². The lowest BCUT2D eigenvalue weighted by Crippen LogP contribution is -2.37. The van der Waals surface area contributed by atoms with Crippen molar-refractivity contribution in [3.05, 3.63) is 29.6 Å². The van der Waals surface area contributed by atoms with Gasteiger partial charge < -0.3 is 10.1 Å². The Balaban J connectivity index is 2.90. The van der Waals surface area contributed by atoms with Gasteiger partial charge in [0.2, 0.25) is 0 Å². The van der Waals surface area contributed by atoms with E-state index in [1.165, 1.54) is 19.2 Å². The maximum Gasteiger partial charge on any atom is 0.146 e. The third kappa shape index (κ3) is 3.21. The number of hydrogen-bond acceptors (Lipinski definition) is 3. The van der Waals surface area contributed by atoms with Gasteiger partial charge in [0.1, 0.15) is 11.4 Å². The van der Waals surface area contributed by atoms with Crippen molar-refractivity contribution in [2.45, 2.75) is 19.4 Å². The number of nitrogens with one attached hydrogen (secondary N) is 1. The van der Waals surface area contributed by atoms with Crippen molar-refractivity contribution in [1.29, 1.82) is 5.26 Å². The Labute approximate surface area is 94.8 Å². The molecule has 1 aromatic carbocycles. The summed E-state index contributed by atoms with van der Waals surface area (Å²) >= 11 is 0. The van der Waals surface area contributed by atoms with Gasteiger partial charge in [-0.1, -0.05) is 0 Å². The molecule has 0 aliphatic rings. The van der Waals surface area contributed by atoms with Crippen molar-refractivity contribution in [2.75, 3.05) is 19.0 Å². The van der Waals surface area contributed by atoms with Crippen LogP contribution in [0.5, 0.6) is 0 Å². The largest absolute Gasteiger partial charge is 0.381 e. The first-order chi connectivity index (χ1) is 7.49. The van der Waals surface area contributed by atoms with Crippen LogP contribution >= 0.6 is 0 Å². The molecule has 0 aliphatic heterocycles. The van der Waals surface area contributed by atoms with E-state index in [1.807, 2.05) is 0 Å². The van der Waals surface area contributed by atoms with Gasteiger partial charge in [0.15, 0.2) is 0 Å².